The molecule has 0 bridgehead atoms. The number of aryl methyl sites for hydroxylation is 1. The largest absolute Gasteiger partial charge is 0.468 e. The molecule has 0 N–H and O–H groups in total. The summed E-state index contributed by atoms with van der Waals surface area (Å²) in [5.41, 5.74) is -0.647. The summed E-state index contributed by atoms with van der Waals surface area (Å²) in [4.78, 5) is 50.9. The lowest BCUT2D eigenvalue weighted by Gasteiger charge is -2.40. The highest BCUT2D eigenvalue weighted by Crippen LogP contribution is 2.45. The summed E-state index contributed by atoms with van der Waals surface area (Å²) in [6.07, 6.45) is 0.528. The molecular weight excluding hydrogens is 491 g/mol. The zero-order chi connectivity index (χ0) is 27.6. The van der Waals surface area contributed by atoms with Gasteiger partial charge >= 0.3 is 6.18 Å². The van der Waals surface area contributed by atoms with Gasteiger partial charge in [0.2, 0.25) is 17.7 Å². The number of piperazine rings is 1. The van der Waals surface area contributed by atoms with Crippen LogP contribution in [0.5, 0.6) is 0 Å². The topological polar surface area (TPSA) is 87.2 Å². The van der Waals surface area contributed by atoms with Crippen LogP contribution in [0.4, 0.5) is 13.2 Å². The van der Waals surface area contributed by atoms with E-state index in [-0.39, 0.29) is 24.3 Å². The Hall–Kier alpha value is -3.37. The number of carbonyl (C=O) groups is 4. The number of rotatable bonds is 5. The molecule has 2 heterocycles. The van der Waals surface area contributed by atoms with Crippen LogP contribution < -0.4 is 0 Å². The van der Waals surface area contributed by atoms with Crippen LogP contribution in [0.2, 0.25) is 0 Å². The van der Waals surface area contributed by atoms with Gasteiger partial charge in [0, 0.05) is 26.2 Å². The molecule has 3 aliphatic rings. The summed E-state index contributed by atoms with van der Waals surface area (Å²) in [6.45, 7) is 10.5. The fourth-order valence-electron chi connectivity index (χ4n) is 4.25. The van der Waals surface area contributed by atoms with Crippen molar-refractivity contribution in [3.8, 4) is 0 Å². The van der Waals surface area contributed by atoms with E-state index in [1.54, 1.807) is 29.7 Å². The lowest BCUT2D eigenvalue weighted by molar-refractivity contribution is -0.154. The maximum Gasteiger partial charge on any atom is 0.416 e. The monoisotopic (exact) mass is 525 g/mol. The van der Waals surface area contributed by atoms with Gasteiger partial charge in [-0.15, -0.1) is 0 Å². The van der Waals surface area contributed by atoms with Crippen molar-refractivity contribution < 1.29 is 37.1 Å². The molecule has 204 valence electrons. The third-order valence-electron chi connectivity index (χ3n) is 6.32. The van der Waals surface area contributed by atoms with Crippen LogP contribution in [0.1, 0.15) is 43.7 Å². The standard InChI is InChI=1S/C15H21N3O3.C8H7F3.C3H6O2/c1-2-12(19)18-10-9-17(14(21)15(18)5-6-15)11-13(20)16-7-3-4-8-16;1-6-3-2-4-7(5-6)8(9,10)11;1-2-5-3-4/h2H,1,3-11H2;2-5H,1H3;3H,2H2,1H3. The molecule has 11 heteroatoms. The Kier molecular flexibility index (Phi) is 10.7. The SMILES string of the molecule is C=CC(=O)N1CCN(CC(=O)N2CCCC2)C(=O)C12CC2.CCOC=O.Cc1cccc(C(F)(F)F)c1. The average molecular weight is 526 g/mol. The Balaban J connectivity index is 0.000000252. The number of amides is 3. The number of carbonyl (C=O) groups excluding carboxylic acids is 4. The van der Waals surface area contributed by atoms with Crippen molar-refractivity contribution in [3.63, 3.8) is 0 Å². The van der Waals surface area contributed by atoms with Crippen molar-refractivity contribution >= 4 is 24.2 Å². The van der Waals surface area contributed by atoms with Crippen molar-refractivity contribution in [3.05, 3.63) is 48.0 Å². The van der Waals surface area contributed by atoms with E-state index in [4.69, 9.17) is 0 Å². The van der Waals surface area contributed by atoms with E-state index in [2.05, 4.69) is 11.3 Å². The minimum Gasteiger partial charge on any atom is -0.468 e. The molecule has 1 aromatic carbocycles. The third kappa shape index (κ3) is 8.06. The van der Waals surface area contributed by atoms with Crippen LogP contribution in [0.25, 0.3) is 0 Å². The molecule has 1 saturated carbocycles. The van der Waals surface area contributed by atoms with Gasteiger partial charge < -0.3 is 19.4 Å². The highest BCUT2D eigenvalue weighted by atomic mass is 19.4. The molecule has 1 spiro atoms. The van der Waals surface area contributed by atoms with Crippen LogP contribution in [0, 0.1) is 6.92 Å². The molecule has 8 nitrogen and oxygen atoms in total. The van der Waals surface area contributed by atoms with Gasteiger partial charge in [-0.25, -0.2) is 0 Å². The quantitative estimate of drug-likeness (QED) is 0.435. The van der Waals surface area contributed by atoms with E-state index in [0.29, 0.717) is 44.6 Å². The Morgan fingerprint density at radius 1 is 1.14 bits per heavy atom. The predicted octanol–water partition coefficient (Wildman–Crippen LogP) is 3.19. The number of hydrogen-bond acceptors (Lipinski definition) is 5. The number of ether oxygens (including phenoxy) is 1. The van der Waals surface area contributed by atoms with E-state index >= 15 is 0 Å². The Bertz CT molecular complexity index is 972. The molecule has 0 aromatic heterocycles. The number of halogens is 3. The molecule has 2 aliphatic heterocycles. The predicted molar refractivity (Wildman–Crippen MR) is 130 cm³/mol. The number of hydrogen-bond donors (Lipinski definition) is 0. The minimum absolute atomic E-state index is 0.0279. The first kappa shape index (κ1) is 29.9. The van der Waals surface area contributed by atoms with Gasteiger partial charge in [-0.1, -0.05) is 30.3 Å². The number of alkyl halides is 3. The third-order valence-corrected chi connectivity index (χ3v) is 6.32. The minimum atomic E-state index is -4.22. The summed E-state index contributed by atoms with van der Waals surface area (Å²) in [5, 5.41) is 0. The zero-order valence-electron chi connectivity index (χ0n) is 21.3. The molecule has 1 aromatic rings. The first-order valence-electron chi connectivity index (χ1n) is 12.2. The van der Waals surface area contributed by atoms with Crippen LogP contribution in [0.15, 0.2) is 36.9 Å². The molecule has 0 atom stereocenters. The maximum atomic E-state index is 12.6. The van der Waals surface area contributed by atoms with E-state index in [0.717, 1.165) is 38.1 Å². The fourth-order valence-corrected chi connectivity index (χ4v) is 4.25. The Morgan fingerprint density at radius 2 is 1.78 bits per heavy atom. The van der Waals surface area contributed by atoms with Crippen molar-refractivity contribution in [2.75, 3.05) is 39.3 Å². The first-order chi connectivity index (χ1) is 17.5. The highest BCUT2D eigenvalue weighted by Gasteiger charge is 2.59. The zero-order valence-corrected chi connectivity index (χ0v) is 21.3. The Morgan fingerprint density at radius 3 is 2.22 bits per heavy atom. The normalized spacial score (nSPS) is 17.8. The summed E-state index contributed by atoms with van der Waals surface area (Å²) in [5.74, 6) is -0.233. The molecule has 3 fully saturated rings. The molecule has 0 radical (unpaired) electrons. The highest BCUT2D eigenvalue weighted by molar-refractivity contribution is 5.99. The van der Waals surface area contributed by atoms with Gasteiger partial charge in [-0.2, -0.15) is 13.2 Å². The van der Waals surface area contributed by atoms with Crippen molar-refractivity contribution in [1.82, 2.24) is 14.7 Å². The average Bonchev–Trinajstić information content (AvgIpc) is 3.44. The lowest BCUT2D eigenvalue weighted by atomic mass is 10.1. The fraction of sp³-hybridized carbons (Fsp3) is 0.538. The van der Waals surface area contributed by atoms with Gasteiger partial charge in [-0.05, 0) is 51.7 Å². The van der Waals surface area contributed by atoms with Crippen LogP contribution >= 0.6 is 0 Å². The van der Waals surface area contributed by atoms with Gasteiger partial charge in [0.1, 0.15) is 5.54 Å². The van der Waals surface area contributed by atoms with Gasteiger partial charge in [0.05, 0.1) is 18.7 Å². The number of benzene rings is 1. The van der Waals surface area contributed by atoms with Crippen LogP contribution in [0.3, 0.4) is 0 Å². The van der Waals surface area contributed by atoms with Gasteiger partial charge in [-0.3, -0.25) is 19.2 Å². The maximum absolute atomic E-state index is 12.6. The smallest absolute Gasteiger partial charge is 0.416 e. The van der Waals surface area contributed by atoms with Gasteiger partial charge in [0.15, 0.2) is 0 Å². The summed E-state index contributed by atoms with van der Waals surface area (Å²) in [6, 6.07) is 5.22. The van der Waals surface area contributed by atoms with Crippen LogP contribution in [-0.2, 0) is 30.1 Å². The molecular formula is C26H34F3N3O5. The summed E-state index contributed by atoms with van der Waals surface area (Å²) in [7, 11) is 0. The lowest BCUT2D eigenvalue weighted by Crippen LogP contribution is -2.61. The Labute approximate surface area is 215 Å². The van der Waals surface area contributed by atoms with E-state index in [9.17, 15) is 32.3 Å². The molecule has 4 rings (SSSR count). The van der Waals surface area contributed by atoms with Crippen molar-refractivity contribution in [2.24, 2.45) is 0 Å². The second-order valence-corrected chi connectivity index (χ2v) is 8.96. The van der Waals surface area contributed by atoms with Gasteiger partial charge in [0.25, 0.3) is 6.47 Å². The molecule has 2 saturated heterocycles. The number of nitrogens with zero attached hydrogens (tertiary/aromatic N) is 3. The summed E-state index contributed by atoms with van der Waals surface area (Å²) >= 11 is 0. The molecule has 1 aliphatic carbocycles. The molecule has 0 unspecified atom stereocenters. The van der Waals surface area contributed by atoms with Crippen molar-refractivity contribution in [1.29, 1.82) is 0 Å². The number of likely N-dealkylation sites (tertiary alicyclic amines) is 1. The van der Waals surface area contributed by atoms with E-state index < -0.39 is 17.3 Å². The molecule has 3 amide bonds. The van der Waals surface area contributed by atoms with Crippen molar-refractivity contribution in [2.45, 2.75) is 51.2 Å². The summed E-state index contributed by atoms with van der Waals surface area (Å²) < 4.78 is 40.1. The molecule has 37 heavy (non-hydrogen) atoms. The van der Waals surface area contributed by atoms with E-state index in [1.165, 1.54) is 12.1 Å². The first-order valence-corrected chi connectivity index (χ1v) is 12.2. The second kappa shape index (κ2) is 13.3. The second-order valence-electron chi connectivity index (χ2n) is 8.96. The van der Waals surface area contributed by atoms with E-state index in [1.807, 2.05) is 4.90 Å². The van der Waals surface area contributed by atoms with Crippen LogP contribution in [-0.4, -0.2) is 83.8 Å².